The van der Waals surface area contributed by atoms with E-state index < -0.39 is 4.92 Å². The number of nitrogens with zero attached hydrogens (tertiary/aromatic N) is 4. The molecular weight excluding hydrogens is 264 g/mol. The van der Waals surface area contributed by atoms with Crippen molar-refractivity contribution in [3.05, 3.63) is 15.8 Å². The van der Waals surface area contributed by atoms with Gasteiger partial charge < -0.3 is 9.64 Å². The molecule has 0 radical (unpaired) electrons. The zero-order valence-electron chi connectivity index (χ0n) is 11.8. The molecule has 8 nitrogen and oxygen atoms in total. The van der Waals surface area contributed by atoms with Crippen molar-refractivity contribution in [2.75, 3.05) is 18.1 Å². The van der Waals surface area contributed by atoms with Gasteiger partial charge in [0.1, 0.15) is 12.2 Å². The highest BCUT2D eigenvalue weighted by molar-refractivity contribution is 5.77. The summed E-state index contributed by atoms with van der Waals surface area (Å²) < 4.78 is 6.40. The van der Waals surface area contributed by atoms with Crippen LogP contribution in [0.3, 0.4) is 0 Å². The molecule has 0 bridgehead atoms. The molecule has 20 heavy (non-hydrogen) atoms. The van der Waals surface area contributed by atoms with E-state index in [4.69, 9.17) is 4.74 Å². The molecule has 0 amide bonds. The Kier molecular flexibility index (Phi) is 3.91. The molecule has 0 atom stereocenters. The van der Waals surface area contributed by atoms with Gasteiger partial charge in [-0.3, -0.25) is 14.9 Å². The molecule has 0 saturated heterocycles. The number of rotatable bonds is 6. The molecule has 0 aromatic carbocycles. The second-order valence-corrected chi connectivity index (χ2v) is 4.80. The standard InChI is InChI=1S/C12H18N4O4/c1-4-20-10(17)7-15(9-5-6-9)12-11(16(18)19)8(2)13-14(12)3/h9H,4-7H2,1-3H3. The van der Waals surface area contributed by atoms with Gasteiger partial charge in [0, 0.05) is 13.1 Å². The highest BCUT2D eigenvalue weighted by Crippen LogP contribution is 2.38. The third-order valence-corrected chi connectivity index (χ3v) is 3.21. The van der Waals surface area contributed by atoms with Gasteiger partial charge in [-0.25, -0.2) is 4.68 Å². The Morgan fingerprint density at radius 3 is 2.75 bits per heavy atom. The van der Waals surface area contributed by atoms with Gasteiger partial charge >= 0.3 is 11.7 Å². The van der Waals surface area contributed by atoms with Crippen LogP contribution in [0.15, 0.2) is 0 Å². The molecule has 0 unspecified atom stereocenters. The molecule has 0 aliphatic heterocycles. The average molecular weight is 282 g/mol. The average Bonchev–Trinajstić information content (AvgIpc) is 3.12. The minimum atomic E-state index is -0.446. The summed E-state index contributed by atoms with van der Waals surface area (Å²) >= 11 is 0. The molecular formula is C12H18N4O4. The predicted molar refractivity (Wildman–Crippen MR) is 71.6 cm³/mol. The molecule has 1 aromatic heterocycles. The van der Waals surface area contributed by atoms with Crippen molar-refractivity contribution in [3.63, 3.8) is 0 Å². The van der Waals surface area contributed by atoms with Crippen LogP contribution in [0.25, 0.3) is 0 Å². The summed E-state index contributed by atoms with van der Waals surface area (Å²) in [5, 5.41) is 15.3. The first-order valence-corrected chi connectivity index (χ1v) is 6.56. The molecule has 1 aliphatic carbocycles. The number of esters is 1. The van der Waals surface area contributed by atoms with Crippen LogP contribution in [0.4, 0.5) is 11.5 Å². The zero-order valence-corrected chi connectivity index (χ0v) is 11.8. The number of anilines is 1. The van der Waals surface area contributed by atoms with Gasteiger partial charge in [0.15, 0.2) is 0 Å². The van der Waals surface area contributed by atoms with Crippen molar-refractivity contribution in [1.82, 2.24) is 9.78 Å². The Balaban J connectivity index is 2.34. The number of aryl methyl sites for hydroxylation is 2. The fraction of sp³-hybridized carbons (Fsp3) is 0.667. The Labute approximate surface area is 116 Å². The first-order chi connectivity index (χ1) is 9.45. The van der Waals surface area contributed by atoms with Crippen molar-refractivity contribution < 1.29 is 14.5 Å². The van der Waals surface area contributed by atoms with Gasteiger partial charge in [-0.1, -0.05) is 0 Å². The van der Waals surface area contributed by atoms with E-state index in [-0.39, 0.29) is 24.2 Å². The number of carbonyl (C=O) groups is 1. The number of carbonyl (C=O) groups excluding carboxylic acids is 1. The van der Waals surface area contributed by atoms with Crippen LogP contribution in [-0.2, 0) is 16.6 Å². The fourth-order valence-electron chi connectivity index (χ4n) is 2.28. The molecule has 0 N–H and O–H groups in total. The molecule has 1 aromatic rings. The van der Waals surface area contributed by atoms with Crippen molar-refractivity contribution in [3.8, 4) is 0 Å². The van der Waals surface area contributed by atoms with E-state index in [1.165, 1.54) is 4.68 Å². The Bertz CT molecular complexity index is 536. The van der Waals surface area contributed by atoms with Crippen LogP contribution >= 0.6 is 0 Å². The minimum absolute atomic E-state index is 0.0122. The van der Waals surface area contributed by atoms with Crippen LogP contribution in [0.1, 0.15) is 25.5 Å². The number of ether oxygens (including phenoxy) is 1. The van der Waals surface area contributed by atoms with E-state index >= 15 is 0 Å². The molecule has 8 heteroatoms. The van der Waals surface area contributed by atoms with E-state index in [0.717, 1.165) is 12.8 Å². The summed E-state index contributed by atoms with van der Waals surface area (Å²) in [4.78, 5) is 24.2. The maximum Gasteiger partial charge on any atom is 0.333 e. The Morgan fingerprint density at radius 1 is 1.60 bits per heavy atom. The summed E-state index contributed by atoms with van der Waals surface area (Å²) in [5.74, 6) is -0.00407. The first-order valence-electron chi connectivity index (χ1n) is 6.56. The van der Waals surface area contributed by atoms with Gasteiger partial charge in [-0.2, -0.15) is 5.10 Å². The maximum atomic E-state index is 11.7. The van der Waals surface area contributed by atoms with Crippen molar-refractivity contribution >= 4 is 17.5 Å². The quantitative estimate of drug-likeness (QED) is 0.442. The number of hydrogen-bond acceptors (Lipinski definition) is 6. The van der Waals surface area contributed by atoms with Gasteiger partial charge in [0.05, 0.1) is 11.5 Å². The molecule has 1 heterocycles. The van der Waals surface area contributed by atoms with E-state index in [1.807, 2.05) is 0 Å². The van der Waals surface area contributed by atoms with Crippen molar-refractivity contribution in [2.45, 2.75) is 32.7 Å². The summed E-state index contributed by atoms with van der Waals surface area (Å²) in [6.07, 6.45) is 1.83. The second kappa shape index (κ2) is 5.48. The van der Waals surface area contributed by atoms with Crippen LogP contribution in [0, 0.1) is 17.0 Å². The summed E-state index contributed by atoms with van der Waals surface area (Å²) in [7, 11) is 1.65. The summed E-state index contributed by atoms with van der Waals surface area (Å²) in [6, 6.07) is 0.146. The molecule has 2 rings (SSSR count). The summed E-state index contributed by atoms with van der Waals surface area (Å²) in [6.45, 7) is 3.63. The van der Waals surface area contributed by atoms with Gasteiger partial charge in [-0.05, 0) is 26.7 Å². The van der Waals surface area contributed by atoms with Gasteiger partial charge in [0.25, 0.3) is 0 Å². The van der Waals surface area contributed by atoms with Gasteiger partial charge in [0.2, 0.25) is 5.82 Å². The van der Waals surface area contributed by atoms with E-state index in [2.05, 4.69) is 5.10 Å². The lowest BCUT2D eigenvalue weighted by atomic mass is 10.3. The lowest BCUT2D eigenvalue weighted by Crippen LogP contribution is -2.34. The second-order valence-electron chi connectivity index (χ2n) is 4.80. The Morgan fingerprint density at radius 2 is 2.25 bits per heavy atom. The Hall–Kier alpha value is -2.12. The third-order valence-electron chi connectivity index (χ3n) is 3.21. The summed E-state index contributed by atoms with van der Waals surface area (Å²) in [5.41, 5.74) is 0.311. The first kappa shape index (κ1) is 14.3. The van der Waals surface area contributed by atoms with Crippen molar-refractivity contribution in [1.29, 1.82) is 0 Å². The highest BCUT2D eigenvalue weighted by Gasteiger charge is 2.38. The lowest BCUT2D eigenvalue weighted by Gasteiger charge is -2.22. The van der Waals surface area contributed by atoms with Crippen LogP contribution in [-0.4, -0.2) is 39.9 Å². The topological polar surface area (TPSA) is 90.5 Å². The normalized spacial score (nSPS) is 14.2. The highest BCUT2D eigenvalue weighted by atomic mass is 16.6. The minimum Gasteiger partial charge on any atom is -0.465 e. The number of aromatic nitrogens is 2. The predicted octanol–water partition coefficient (Wildman–Crippen LogP) is 1.17. The van der Waals surface area contributed by atoms with E-state index in [0.29, 0.717) is 18.1 Å². The largest absolute Gasteiger partial charge is 0.465 e. The SMILES string of the molecule is CCOC(=O)CN(c1c([N+](=O)[O-])c(C)nn1C)C1CC1. The van der Waals surface area contributed by atoms with Crippen molar-refractivity contribution in [2.24, 2.45) is 7.05 Å². The monoisotopic (exact) mass is 282 g/mol. The smallest absolute Gasteiger partial charge is 0.333 e. The van der Waals surface area contributed by atoms with Gasteiger partial charge in [-0.15, -0.1) is 0 Å². The van der Waals surface area contributed by atoms with Crippen LogP contribution in [0.5, 0.6) is 0 Å². The third kappa shape index (κ3) is 2.73. The lowest BCUT2D eigenvalue weighted by molar-refractivity contribution is -0.384. The molecule has 1 fully saturated rings. The molecule has 0 spiro atoms. The maximum absolute atomic E-state index is 11.7. The molecule has 110 valence electrons. The fourth-order valence-corrected chi connectivity index (χ4v) is 2.28. The van der Waals surface area contributed by atoms with E-state index in [9.17, 15) is 14.9 Å². The number of nitro groups is 1. The van der Waals surface area contributed by atoms with Crippen LogP contribution < -0.4 is 4.90 Å². The molecule has 1 saturated carbocycles. The van der Waals surface area contributed by atoms with Crippen LogP contribution in [0.2, 0.25) is 0 Å². The molecule has 1 aliphatic rings. The zero-order chi connectivity index (χ0) is 14.9. The van der Waals surface area contributed by atoms with E-state index in [1.54, 1.807) is 25.8 Å². The number of hydrogen-bond donors (Lipinski definition) is 0.